The van der Waals surface area contributed by atoms with Crippen molar-refractivity contribution < 1.29 is 4.74 Å². The van der Waals surface area contributed by atoms with Gasteiger partial charge >= 0.3 is 0 Å². The smallest absolute Gasteiger partial charge is 0.119 e. The highest BCUT2D eigenvalue weighted by Gasteiger charge is 2.20. The van der Waals surface area contributed by atoms with E-state index in [0.29, 0.717) is 0 Å². The quantitative estimate of drug-likeness (QED) is 0.794. The summed E-state index contributed by atoms with van der Waals surface area (Å²) in [6.45, 7) is 4.91. The van der Waals surface area contributed by atoms with E-state index in [9.17, 15) is 0 Å². The zero-order chi connectivity index (χ0) is 15.6. The summed E-state index contributed by atoms with van der Waals surface area (Å²) in [5, 5.41) is 1.43. The highest BCUT2D eigenvalue weighted by molar-refractivity contribution is 5.87. The van der Waals surface area contributed by atoms with E-state index >= 15 is 0 Å². The maximum absolute atomic E-state index is 5.48. The van der Waals surface area contributed by atoms with Crippen LogP contribution in [0.4, 0.5) is 0 Å². The van der Waals surface area contributed by atoms with Gasteiger partial charge in [0, 0.05) is 29.7 Å². The number of nitrogens with zero attached hydrogens (tertiary/aromatic N) is 2. The lowest BCUT2D eigenvalue weighted by Crippen LogP contribution is -2.24. The van der Waals surface area contributed by atoms with Gasteiger partial charge in [-0.1, -0.05) is 6.42 Å². The Balaban J connectivity index is 1.73. The van der Waals surface area contributed by atoms with E-state index in [-0.39, 0.29) is 0 Å². The van der Waals surface area contributed by atoms with Crippen LogP contribution in [0.15, 0.2) is 18.2 Å². The predicted octanol–water partition coefficient (Wildman–Crippen LogP) is 4.01. The van der Waals surface area contributed by atoms with Gasteiger partial charge in [-0.15, -0.1) is 0 Å². The fraction of sp³-hybridized carbons (Fsp3) is 0.600. The van der Waals surface area contributed by atoms with Gasteiger partial charge < -0.3 is 14.2 Å². The third-order valence-electron chi connectivity index (χ3n) is 5.67. The molecule has 23 heavy (non-hydrogen) atoms. The molecule has 2 heterocycles. The summed E-state index contributed by atoms with van der Waals surface area (Å²) in [4.78, 5) is 2.62. The molecule has 1 aromatic carbocycles. The van der Waals surface area contributed by atoms with Crippen molar-refractivity contribution in [3.05, 3.63) is 29.5 Å². The molecule has 1 fully saturated rings. The largest absolute Gasteiger partial charge is 0.497 e. The molecule has 4 rings (SSSR count). The van der Waals surface area contributed by atoms with Crippen LogP contribution in [0.3, 0.4) is 0 Å². The topological polar surface area (TPSA) is 17.4 Å². The van der Waals surface area contributed by atoms with Gasteiger partial charge in [-0.2, -0.15) is 0 Å². The number of likely N-dealkylation sites (tertiary alicyclic amines) is 1. The van der Waals surface area contributed by atoms with Crippen molar-refractivity contribution in [1.82, 2.24) is 9.47 Å². The van der Waals surface area contributed by atoms with E-state index < -0.39 is 0 Å². The van der Waals surface area contributed by atoms with Crippen LogP contribution in [0, 0.1) is 0 Å². The lowest BCUT2D eigenvalue weighted by atomic mass is 10.1. The molecule has 0 radical (unpaired) electrons. The second kappa shape index (κ2) is 6.56. The summed E-state index contributed by atoms with van der Waals surface area (Å²) in [6, 6.07) is 6.65. The number of hydrogen-bond acceptors (Lipinski definition) is 2. The minimum atomic E-state index is 0.987. The summed E-state index contributed by atoms with van der Waals surface area (Å²) >= 11 is 0. The van der Waals surface area contributed by atoms with Gasteiger partial charge in [-0.05, 0) is 75.4 Å². The number of hydrogen-bond donors (Lipinski definition) is 0. The van der Waals surface area contributed by atoms with Crippen molar-refractivity contribution in [2.45, 2.75) is 51.5 Å². The van der Waals surface area contributed by atoms with Gasteiger partial charge in [-0.25, -0.2) is 0 Å². The van der Waals surface area contributed by atoms with Gasteiger partial charge in [0.25, 0.3) is 0 Å². The van der Waals surface area contributed by atoms with E-state index in [1.54, 1.807) is 18.4 Å². The average molecular weight is 312 g/mol. The maximum Gasteiger partial charge on any atom is 0.119 e. The van der Waals surface area contributed by atoms with Crippen molar-refractivity contribution in [1.29, 1.82) is 0 Å². The SMILES string of the molecule is COc1ccc2c(c1)c1c(n2CCN2CCCC2)CCCCC1. The summed E-state index contributed by atoms with van der Waals surface area (Å²) < 4.78 is 8.10. The molecule has 0 unspecified atom stereocenters. The lowest BCUT2D eigenvalue weighted by Gasteiger charge is -2.17. The molecule has 1 aromatic heterocycles. The molecule has 0 spiro atoms. The summed E-state index contributed by atoms with van der Waals surface area (Å²) in [7, 11) is 1.77. The number of fused-ring (bicyclic) bond motifs is 3. The van der Waals surface area contributed by atoms with Crippen molar-refractivity contribution in [3.8, 4) is 5.75 Å². The Labute approximate surface area is 139 Å². The molecule has 0 N–H and O–H groups in total. The van der Waals surface area contributed by atoms with Crippen LogP contribution >= 0.6 is 0 Å². The summed E-state index contributed by atoms with van der Waals surface area (Å²) in [5.41, 5.74) is 4.61. The molecule has 2 aliphatic rings. The van der Waals surface area contributed by atoms with E-state index in [1.807, 2.05) is 0 Å². The van der Waals surface area contributed by atoms with Crippen molar-refractivity contribution in [2.24, 2.45) is 0 Å². The molecular weight excluding hydrogens is 284 g/mol. The standard InChI is InChI=1S/C20H28N2O/c1-23-16-9-10-20-18(15-16)17-7-3-2-4-8-19(17)22(20)14-13-21-11-5-6-12-21/h9-10,15H,2-8,11-14H2,1H3. The number of methoxy groups -OCH3 is 1. The van der Waals surface area contributed by atoms with Gasteiger partial charge in [0.2, 0.25) is 0 Å². The summed E-state index contributed by atoms with van der Waals surface area (Å²) in [5.74, 6) is 0.987. The molecule has 0 atom stereocenters. The number of aromatic nitrogens is 1. The molecule has 3 heteroatoms. The Kier molecular flexibility index (Phi) is 4.30. The molecule has 0 amide bonds. The zero-order valence-corrected chi connectivity index (χ0v) is 14.3. The lowest BCUT2D eigenvalue weighted by molar-refractivity contribution is 0.323. The normalized spacial score (nSPS) is 19.0. The van der Waals surface area contributed by atoms with Crippen molar-refractivity contribution in [3.63, 3.8) is 0 Å². The summed E-state index contributed by atoms with van der Waals surface area (Å²) in [6.07, 6.45) is 9.26. The molecule has 0 saturated carbocycles. The Morgan fingerprint density at radius 2 is 1.78 bits per heavy atom. The third kappa shape index (κ3) is 2.87. The van der Waals surface area contributed by atoms with Crippen LogP contribution in [-0.4, -0.2) is 36.2 Å². The first-order valence-corrected chi connectivity index (χ1v) is 9.27. The van der Waals surface area contributed by atoms with Crippen LogP contribution in [0.1, 0.15) is 43.4 Å². The molecule has 1 aliphatic heterocycles. The van der Waals surface area contributed by atoms with Crippen molar-refractivity contribution in [2.75, 3.05) is 26.7 Å². The van der Waals surface area contributed by atoms with Crippen LogP contribution in [0.2, 0.25) is 0 Å². The number of aryl methyl sites for hydroxylation is 1. The Morgan fingerprint density at radius 3 is 2.61 bits per heavy atom. The molecule has 124 valence electrons. The number of benzene rings is 1. The van der Waals surface area contributed by atoms with Crippen LogP contribution in [0.25, 0.3) is 10.9 Å². The van der Waals surface area contributed by atoms with Crippen LogP contribution in [-0.2, 0) is 19.4 Å². The molecule has 1 aliphatic carbocycles. The first kappa shape index (κ1) is 15.1. The van der Waals surface area contributed by atoms with Gasteiger partial charge in [0.05, 0.1) is 7.11 Å². The van der Waals surface area contributed by atoms with E-state index in [1.165, 1.54) is 75.5 Å². The van der Waals surface area contributed by atoms with Crippen LogP contribution < -0.4 is 4.74 Å². The maximum atomic E-state index is 5.48. The second-order valence-corrected chi connectivity index (χ2v) is 7.07. The molecule has 3 nitrogen and oxygen atoms in total. The van der Waals surface area contributed by atoms with Gasteiger partial charge in [0.15, 0.2) is 0 Å². The average Bonchev–Trinajstić information content (AvgIpc) is 3.11. The minimum Gasteiger partial charge on any atom is -0.497 e. The third-order valence-corrected chi connectivity index (χ3v) is 5.67. The monoisotopic (exact) mass is 312 g/mol. The fourth-order valence-electron chi connectivity index (χ4n) is 4.42. The second-order valence-electron chi connectivity index (χ2n) is 7.07. The highest BCUT2D eigenvalue weighted by Crippen LogP contribution is 2.33. The zero-order valence-electron chi connectivity index (χ0n) is 14.3. The first-order valence-electron chi connectivity index (χ1n) is 9.27. The Bertz CT molecular complexity index is 682. The molecular formula is C20H28N2O. The minimum absolute atomic E-state index is 0.987. The molecule has 1 saturated heterocycles. The number of ether oxygens (including phenoxy) is 1. The highest BCUT2D eigenvalue weighted by atomic mass is 16.5. The van der Waals surface area contributed by atoms with Gasteiger partial charge in [-0.3, -0.25) is 0 Å². The Morgan fingerprint density at radius 1 is 0.957 bits per heavy atom. The Hall–Kier alpha value is -1.48. The fourth-order valence-corrected chi connectivity index (χ4v) is 4.42. The van der Waals surface area contributed by atoms with E-state index in [4.69, 9.17) is 4.74 Å². The van der Waals surface area contributed by atoms with Gasteiger partial charge in [0.1, 0.15) is 5.75 Å². The molecule has 2 aromatic rings. The van der Waals surface area contributed by atoms with E-state index in [2.05, 4.69) is 27.7 Å². The molecule has 0 bridgehead atoms. The van der Waals surface area contributed by atoms with Crippen molar-refractivity contribution >= 4 is 10.9 Å². The predicted molar refractivity (Wildman–Crippen MR) is 95.4 cm³/mol. The first-order chi connectivity index (χ1) is 11.4. The number of rotatable bonds is 4. The van der Waals surface area contributed by atoms with Crippen LogP contribution in [0.5, 0.6) is 5.75 Å². The van der Waals surface area contributed by atoms with E-state index in [0.717, 1.165) is 12.3 Å².